The van der Waals surface area contributed by atoms with Gasteiger partial charge in [-0.3, -0.25) is 0 Å². The van der Waals surface area contributed by atoms with Crippen molar-refractivity contribution in [3.05, 3.63) is 54.2 Å². The van der Waals surface area contributed by atoms with Crippen LogP contribution in [0.15, 0.2) is 54.2 Å². The van der Waals surface area contributed by atoms with E-state index in [-0.39, 0.29) is 6.10 Å². The maximum absolute atomic E-state index is 6.01. The highest BCUT2D eigenvalue weighted by molar-refractivity contribution is 7.13. The predicted octanol–water partition coefficient (Wildman–Crippen LogP) is 3.44. The van der Waals surface area contributed by atoms with Gasteiger partial charge in [-0.25, -0.2) is 9.97 Å². The van der Waals surface area contributed by atoms with Gasteiger partial charge >= 0.3 is 0 Å². The molecule has 2 N–H and O–H groups in total. The van der Waals surface area contributed by atoms with Crippen molar-refractivity contribution in [3.8, 4) is 17.2 Å². The van der Waals surface area contributed by atoms with E-state index in [1.807, 2.05) is 41.8 Å². The number of ether oxygens (including phenoxy) is 3. The second-order valence-corrected chi connectivity index (χ2v) is 6.80. The Kier molecular flexibility index (Phi) is 5.78. The van der Waals surface area contributed by atoms with E-state index in [1.165, 1.54) is 11.3 Å². The molecule has 1 saturated heterocycles. The standard InChI is InChI=1S/C19H20N4O3S/c1-2-4-14(5-3-1)26-15-10-17(25-13-16-11-20-6-8-24-16)18(22-12-15)23-19-21-7-9-27-19/h1-5,7,9-10,12,16,20H,6,8,11,13H2,(H,21,22,23). The van der Waals surface area contributed by atoms with Gasteiger partial charge < -0.3 is 24.8 Å². The molecule has 1 aromatic carbocycles. The Morgan fingerprint density at radius 1 is 1.22 bits per heavy atom. The number of rotatable bonds is 7. The summed E-state index contributed by atoms with van der Waals surface area (Å²) in [4.78, 5) is 8.70. The molecule has 8 heteroatoms. The van der Waals surface area contributed by atoms with Crippen LogP contribution in [0.2, 0.25) is 0 Å². The summed E-state index contributed by atoms with van der Waals surface area (Å²) in [5.74, 6) is 2.52. The largest absolute Gasteiger partial charge is 0.487 e. The predicted molar refractivity (Wildman–Crippen MR) is 104 cm³/mol. The number of hydrogen-bond acceptors (Lipinski definition) is 8. The zero-order valence-electron chi connectivity index (χ0n) is 14.6. The van der Waals surface area contributed by atoms with Crippen molar-refractivity contribution in [1.29, 1.82) is 0 Å². The van der Waals surface area contributed by atoms with E-state index in [9.17, 15) is 0 Å². The van der Waals surface area contributed by atoms with Crippen LogP contribution in [0.3, 0.4) is 0 Å². The highest BCUT2D eigenvalue weighted by Crippen LogP contribution is 2.32. The van der Waals surface area contributed by atoms with E-state index in [0.717, 1.165) is 24.0 Å². The molecular weight excluding hydrogens is 364 g/mol. The van der Waals surface area contributed by atoms with Crippen LogP contribution < -0.4 is 20.1 Å². The van der Waals surface area contributed by atoms with E-state index in [0.29, 0.717) is 30.5 Å². The molecule has 3 aromatic rings. The Hall–Kier alpha value is -2.68. The number of morpholine rings is 1. The molecule has 0 bridgehead atoms. The fourth-order valence-electron chi connectivity index (χ4n) is 2.61. The van der Waals surface area contributed by atoms with Crippen molar-refractivity contribution in [3.63, 3.8) is 0 Å². The van der Waals surface area contributed by atoms with Crippen LogP contribution in [0, 0.1) is 0 Å². The quantitative estimate of drug-likeness (QED) is 0.646. The molecule has 0 aliphatic carbocycles. The molecule has 1 aliphatic heterocycles. The molecule has 0 radical (unpaired) electrons. The fourth-order valence-corrected chi connectivity index (χ4v) is 3.13. The van der Waals surface area contributed by atoms with Gasteiger partial charge in [-0.15, -0.1) is 11.3 Å². The Morgan fingerprint density at radius 2 is 2.15 bits per heavy atom. The highest BCUT2D eigenvalue weighted by Gasteiger charge is 2.16. The van der Waals surface area contributed by atoms with Crippen LogP contribution >= 0.6 is 11.3 Å². The minimum absolute atomic E-state index is 0.00478. The highest BCUT2D eigenvalue weighted by atomic mass is 32.1. The Labute approximate surface area is 161 Å². The van der Waals surface area contributed by atoms with E-state index in [1.54, 1.807) is 12.4 Å². The molecule has 0 spiro atoms. The number of pyridine rings is 1. The number of aromatic nitrogens is 2. The molecule has 1 fully saturated rings. The second-order valence-electron chi connectivity index (χ2n) is 5.90. The van der Waals surface area contributed by atoms with Gasteiger partial charge in [0.25, 0.3) is 0 Å². The van der Waals surface area contributed by atoms with E-state index >= 15 is 0 Å². The van der Waals surface area contributed by atoms with Gasteiger partial charge in [0.1, 0.15) is 24.2 Å². The minimum Gasteiger partial charge on any atom is -0.487 e. The first-order chi connectivity index (χ1) is 13.4. The van der Waals surface area contributed by atoms with Gasteiger partial charge in [-0.05, 0) is 12.1 Å². The van der Waals surface area contributed by atoms with Crippen molar-refractivity contribution in [1.82, 2.24) is 15.3 Å². The summed E-state index contributed by atoms with van der Waals surface area (Å²) in [5.41, 5.74) is 0. The van der Waals surface area contributed by atoms with Crippen molar-refractivity contribution in [2.75, 3.05) is 31.6 Å². The zero-order valence-corrected chi connectivity index (χ0v) is 15.4. The van der Waals surface area contributed by atoms with Crippen LogP contribution in [-0.4, -0.2) is 42.4 Å². The molecule has 140 valence electrons. The van der Waals surface area contributed by atoms with E-state index in [4.69, 9.17) is 14.2 Å². The molecule has 2 aromatic heterocycles. The normalized spacial score (nSPS) is 16.7. The molecule has 0 amide bonds. The van der Waals surface area contributed by atoms with Crippen LogP contribution in [0.4, 0.5) is 10.9 Å². The second kappa shape index (κ2) is 8.81. The maximum atomic E-state index is 6.01. The van der Waals surface area contributed by atoms with Gasteiger partial charge in [-0.1, -0.05) is 18.2 Å². The monoisotopic (exact) mass is 384 g/mol. The summed E-state index contributed by atoms with van der Waals surface area (Å²) >= 11 is 1.50. The lowest BCUT2D eigenvalue weighted by Crippen LogP contribution is -2.41. The van der Waals surface area contributed by atoms with Gasteiger partial charge in [0.05, 0.1) is 12.8 Å². The Bertz CT molecular complexity index is 839. The third kappa shape index (κ3) is 4.94. The summed E-state index contributed by atoms with van der Waals surface area (Å²) in [6.45, 7) is 2.75. The summed E-state index contributed by atoms with van der Waals surface area (Å²) in [6, 6.07) is 11.4. The number of thiazole rings is 1. The lowest BCUT2D eigenvalue weighted by molar-refractivity contribution is 0.000262. The van der Waals surface area contributed by atoms with Crippen molar-refractivity contribution < 1.29 is 14.2 Å². The number of nitrogens with one attached hydrogen (secondary N) is 2. The minimum atomic E-state index is 0.00478. The topological polar surface area (TPSA) is 77.5 Å². The Morgan fingerprint density at radius 3 is 2.93 bits per heavy atom. The molecule has 4 rings (SSSR count). The third-order valence-corrected chi connectivity index (χ3v) is 4.58. The van der Waals surface area contributed by atoms with Gasteiger partial charge in [0.15, 0.2) is 16.7 Å². The summed E-state index contributed by atoms with van der Waals surface area (Å²) in [7, 11) is 0. The Balaban J connectivity index is 1.52. The molecule has 0 saturated carbocycles. The van der Waals surface area contributed by atoms with Crippen molar-refractivity contribution in [2.24, 2.45) is 0 Å². The number of nitrogens with zero attached hydrogens (tertiary/aromatic N) is 2. The summed E-state index contributed by atoms with van der Waals surface area (Å²) in [5, 5.41) is 9.14. The maximum Gasteiger partial charge on any atom is 0.188 e. The third-order valence-electron chi connectivity index (χ3n) is 3.89. The number of benzene rings is 1. The smallest absolute Gasteiger partial charge is 0.188 e. The van der Waals surface area contributed by atoms with E-state index < -0.39 is 0 Å². The van der Waals surface area contributed by atoms with Crippen LogP contribution in [0.25, 0.3) is 0 Å². The van der Waals surface area contributed by atoms with Crippen LogP contribution in [-0.2, 0) is 4.74 Å². The number of para-hydroxylation sites is 1. The van der Waals surface area contributed by atoms with Crippen molar-refractivity contribution in [2.45, 2.75) is 6.10 Å². The fraction of sp³-hybridized carbons (Fsp3) is 0.263. The lowest BCUT2D eigenvalue weighted by atomic mass is 10.3. The summed E-state index contributed by atoms with van der Waals surface area (Å²) in [6.07, 6.45) is 3.40. The zero-order chi connectivity index (χ0) is 18.3. The molecule has 7 nitrogen and oxygen atoms in total. The van der Waals surface area contributed by atoms with Crippen LogP contribution in [0.1, 0.15) is 0 Å². The SMILES string of the molecule is c1ccc(Oc2cnc(Nc3nccs3)c(OCC3CNCCO3)c2)cc1. The van der Waals surface area contributed by atoms with Crippen molar-refractivity contribution >= 4 is 22.3 Å². The summed E-state index contributed by atoms with van der Waals surface area (Å²) < 4.78 is 17.6. The molecule has 1 atom stereocenters. The van der Waals surface area contributed by atoms with Crippen LogP contribution in [0.5, 0.6) is 17.2 Å². The first kappa shape index (κ1) is 17.7. The average molecular weight is 384 g/mol. The van der Waals surface area contributed by atoms with Gasteiger partial charge in [0, 0.05) is 30.7 Å². The first-order valence-corrected chi connectivity index (χ1v) is 9.59. The molecular formula is C19H20N4O3S. The molecule has 1 unspecified atom stereocenters. The van der Waals surface area contributed by atoms with Gasteiger partial charge in [-0.2, -0.15) is 0 Å². The average Bonchev–Trinajstić information content (AvgIpc) is 3.23. The number of anilines is 2. The molecule has 27 heavy (non-hydrogen) atoms. The number of hydrogen-bond donors (Lipinski definition) is 2. The lowest BCUT2D eigenvalue weighted by Gasteiger charge is -2.24. The van der Waals surface area contributed by atoms with Gasteiger partial charge in [0.2, 0.25) is 0 Å². The molecule has 1 aliphatic rings. The van der Waals surface area contributed by atoms with E-state index in [2.05, 4.69) is 20.6 Å². The molecule has 3 heterocycles. The first-order valence-electron chi connectivity index (χ1n) is 8.71.